The summed E-state index contributed by atoms with van der Waals surface area (Å²) in [4.78, 5) is 24.5. The van der Waals surface area contributed by atoms with Gasteiger partial charge in [0.2, 0.25) is 0 Å². The van der Waals surface area contributed by atoms with Crippen molar-refractivity contribution in [2.45, 2.75) is 0 Å². The van der Waals surface area contributed by atoms with Crippen molar-refractivity contribution < 1.29 is 0 Å². The van der Waals surface area contributed by atoms with Crippen molar-refractivity contribution >= 4 is 43.6 Å². The van der Waals surface area contributed by atoms with E-state index < -0.39 is 0 Å². The quantitative estimate of drug-likeness (QED) is 0.187. The lowest BCUT2D eigenvalue weighted by Crippen LogP contribution is -2.01. The van der Waals surface area contributed by atoms with Gasteiger partial charge in [-0.25, -0.2) is 15.0 Å². The first kappa shape index (κ1) is 28.1. The molecule has 0 unspecified atom stereocenters. The summed E-state index contributed by atoms with van der Waals surface area (Å²) < 4.78 is 4.40. The summed E-state index contributed by atoms with van der Waals surface area (Å²) in [6.45, 7) is 0. The molecule has 0 saturated heterocycles. The predicted molar refractivity (Wildman–Crippen MR) is 200 cm³/mol. The van der Waals surface area contributed by atoms with Crippen LogP contribution in [0.15, 0.2) is 164 Å². The molecule has 7 heteroatoms. The van der Waals surface area contributed by atoms with Crippen molar-refractivity contribution in [3.05, 3.63) is 164 Å². The lowest BCUT2D eigenvalue weighted by molar-refractivity contribution is 1.07. The molecule has 234 valence electrons. The monoisotopic (exact) mass is 641 g/mol. The normalized spacial score (nSPS) is 11.6. The maximum atomic E-state index is 5.23. The van der Waals surface area contributed by atoms with E-state index in [2.05, 4.69) is 104 Å². The molecular weight excluding hydrogens is 615 g/mol. The fourth-order valence-electron chi connectivity index (χ4n) is 7.10. The molecule has 0 amide bonds. The molecule has 3 aromatic carbocycles. The van der Waals surface area contributed by atoms with Gasteiger partial charge >= 0.3 is 0 Å². The third kappa shape index (κ3) is 4.48. The zero-order valence-electron chi connectivity index (χ0n) is 26.7. The smallest absolute Gasteiger partial charge is 0.138 e. The van der Waals surface area contributed by atoms with Crippen LogP contribution in [0.4, 0.5) is 0 Å². The van der Waals surface area contributed by atoms with E-state index in [0.717, 1.165) is 89.2 Å². The highest BCUT2D eigenvalue weighted by molar-refractivity contribution is 6.09. The average molecular weight is 642 g/mol. The van der Waals surface area contributed by atoms with Crippen molar-refractivity contribution in [3.8, 4) is 45.5 Å². The molecule has 0 fully saturated rings. The standard InChI is InChI=1S/C43H27N7/c1-2-10-28(11-3-1)29-24-36(34-14-8-18-42(47-34)49-38-16-6-4-12-30(38)32-26-44-22-20-40(32)49)46-37(25-29)35-15-9-19-43(48-35)50-39-17-7-5-13-31(39)33-27-45-23-21-41(33)50/h1-27H. The van der Waals surface area contributed by atoms with Crippen molar-refractivity contribution in [1.29, 1.82) is 0 Å². The zero-order chi connectivity index (χ0) is 33.0. The van der Waals surface area contributed by atoms with Crippen LogP contribution in [-0.2, 0) is 0 Å². The van der Waals surface area contributed by atoms with Gasteiger partial charge in [0.15, 0.2) is 0 Å². The minimum absolute atomic E-state index is 0.765. The van der Waals surface area contributed by atoms with E-state index in [1.165, 1.54) is 0 Å². The fraction of sp³-hybridized carbons (Fsp3) is 0. The summed E-state index contributed by atoms with van der Waals surface area (Å²) in [6, 6.07) is 47.7. The Morgan fingerprint density at radius 3 is 1.36 bits per heavy atom. The number of aromatic nitrogens is 7. The lowest BCUT2D eigenvalue weighted by atomic mass is 10.0. The van der Waals surface area contributed by atoms with Gasteiger partial charge < -0.3 is 0 Å². The van der Waals surface area contributed by atoms with E-state index in [4.69, 9.17) is 15.0 Å². The lowest BCUT2D eigenvalue weighted by Gasteiger charge is -2.13. The van der Waals surface area contributed by atoms with E-state index in [1.54, 1.807) is 0 Å². The summed E-state index contributed by atoms with van der Waals surface area (Å²) in [5, 5.41) is 4.46. The maximum absolute atomic E-state index is 5.23. The van der Waals surface area contributed by atoms with Crippen molar-refractivity contribution in [2.75, 3.05) is 0 Å². The number of pyridine rings is 5. The molecule has 10 rings (SSSR count). The molecule has 7 heterocycles. The van der Waals surface area contributed by atoms with E-state index in [0.29, 0.717) is 0 Å². The van der Waals surface area contributed by atoms with Crippen LogP contribution in [0.25, 0.3) is 89.2 Å². The number of nitrogens with zero attached hydrogens (tertiary/aromatic N) is 7. The second-order valence-corrected chi connectivity index (χ2v) is 12.2. The molecule has 0 atom stereocenters. The molecule has 0 N–H and O–H groups in total. The molecule has 0 aliphatic rings. The molecule has 0 saturated carbocycles. The van der Waals surface area contributed by atoms with Crippen LogP contribution in [0.1, 0.15) is 0 Å². The summed E-state index contributed by atoms with van der Waals surface area (Å²) in [6.07, 6.45) is 7.51. The third-order valence-corrected chi connectivity index (χ3v) is 9.33. The highest BCUT2D eigenvalue weighted by atomic mass is 15.1. The van der Waals surface area contributed by atoms with Gasteiger partial charge in [-0.2, -0.15) is 0 Å². The van der Waals surface area contributed by atoms with Crippen molar-refractivity contribution in [3.63, 3.8) is 0 Å². The molecular formula is C43H27N7. The van der Waals surface area contributed by atoms with Crippen LogP contribution < -0.4 is 0 Å². The minimum Gasteiger partial charge on any atom is -0.294 e. The largest absolute Gasteiger partial charge is 0.294 e. The minimum atomic E-state index is 0.765. The van der Waals surface area contributed by atoms with Crippen LogP contribution in [0.2, 0.25) is 0 Å². The van der Waals surface area contributed by atoms with E-state index >= 15 is 0 Å². The molecule has 7 aromatic heterocycles. The Labute approximate surface area is 286 Å². The van der Waals surface area contributed by atoms with Crippen LogP contribution in [0.3, 0.4) is 0 Å². The topological polar surface area (TPSA) is 74.3 Å². The second-order valence-electron chi connectivity index (χ2n) is 12.2. The first-order chi connectivity index (χ1) is 24.8. The van der Waals surface area contributed by atoms with Crippen LogP contribution in [0, 0.1) is 0 Å². The summed E-state index contributed by atoms with van der Waals surface area (Å²) in [7, 11) is 0. The van der Waals surface area contributed by atoms with Gasteiger partial charge in [0, 0.05) is 46.3 Å². The van der Waals surface area contributed by atoms with Gasteiger partial charge in [0.25, 0.3) is 0 Å². The number of benzene rings is 3. The molecule has 10 aromatic rings. The molecule has 0 spiro atoms. The van der Waals surface area contributed by atoms with Gasteiger partial charge in [-0.3, -0.25) is 19.1 Å². The Morgan fingerprint density at radius 1 is 0.340 bits per heavy atom. The van der Waals surface area contributed by atoms with Gasteiger partial charge in [-0.15, -0.1) is 0 Å². The number of hydrogen-bond acceptors (Lipinski definition) is 5. The Morgan fingerprint density at radius 2 is 0.820 bits per heavy atom. The summed E-state index contributed by atoms with van der Waals surface area (Å²) in [5.41, 5.74) is 9.47. The Hall–Kier alpha value is -6.99. The van der Waals surface area contributed by atoms with Gasteiger partial charge in [0.1, 0.15) is 11.6 Å². The number of para-hydroxylation sites is 2. The maximum Gasteiger partial charge on any atom is 0.138 e. The molecule has 0 aliphatic carbocycles. The van der Waals surface area contributed by atoms with Crippen LogP contribution >= 0.6 is 0 Å². The Kier molecular flexibility index (Phi) is 6.35. The molecule has 50 heavy (non-hydrogen) atoms. The van der Waals surface area contributed by atoms with Crippen LogP contribution in [-0.4, -0.2) is 34.1 Å². The highest BCUT2D eigenvalue weighted by Crippen LogP contribution is 2.34. The van der Waals surface area contributed by atoms with Crippen molar-refractivity contribution in [1.82, 2.24) is 34.1 Å². The predicted octanol–water partition coefficient (Wildman–Crippen LogP) is 9.86. The van der Waals surface area contributed by atoms with Gasteiger partial charge in [-0.05, 0) is 71.8 Å². The second kappa shape index (κ2) is 11.3. The van der Waals surface area contributed by atoms with Gasteiger partial charge in [0.05, 0.1) is 44.8 Å². The van der Waals surface area contributed by atoms with E-state index in [-0.39, 0.29) is 0 Å². The van der Waals surface area contributed by atoms with E-state index in [1.807, 2.05) is 79.4 Å². The molecule has 7 nitrogen and oxygen atoms in total. The zero-order valence-corrected chi connectivity index (χ0v) is 26.7. The molecule has 0 bridgehead atoms. The van der Waals surface area contributed by atoms with E-state index in [9.17, 15) is 0 Å². The fourth-order valence-corrected chi connectivity index (χ4v) is 7.10. The Balaban J connectivity index is 1.15. The number of fused-ring (bicyclic) bond motifs is 6. The summed E-state index contributed by atoms with van der Waals surface area (Å²) >= 11 is 0. The highest BCUT2D eigenvalue weighted by Gasteiger charge is 2.17. The first-order valence-corrected chi connectivity index (χ1v) is 16.5. The first-order valence-electron chi connectivity index (χ1n) is 16.5. The Bertz CT molecular complexity index is 2610. The van der Waals surface area contributed by atoms with Crippen molar-refractivity contribution in [2.24, 2.45) is 0 Å². The summed E-state index contributed by atoms with van der Waals surface area (Å²) in [5.74, 6) is 1.63. The molecule has 0 radical (unpaired) electrons. The average Bonchev–Trinajstić information content (AvgIpc) is 3.71. The number of rotatable bonds is 5. The van der Waals surface area contributed by atoms with Gasteiger partial charge in [-0.1, -0.05) is 78.9 Å². The van der Waals surface area contributed by atoms with Crippen LogP contribution in [0.5, 0.6) is 0 Å². The number of hydrogen-bond donors (Lipinski definition) is 0. The SMILES string of the molecule is c1ccc(-c2cc(-c3cccc(-n4c5ccccc5c5cnccc54)n3)nc(-c3cccc(-n4c5ccccc5c5cnccc54)n3)c2)cc1. The molecule has 0 aliphatic heterocycles. The third-order valence-electron chi connectivity index (χ3n) is 9.33.